The van der Waals surface area contributed by atoms with Gasteiger partial charge < -0.3 is 8.98 Å². The zero-order valence-corrected chi connectivity index (χ0v) is 21.5. The number of nitrogens with zero attached hydrogens (tertiary/aromatic N) is 4. The standard InChI is InChI=1S/C33H24N4O2/c1-21-18-25(22(2)36(21)29-16-9-12-23-10-3-5-13-26(23)29)20-34-37-32(31-19-24-11-4-8-17-30(24)39-31)35-28-15-7-6-14-27(28)33(37)38/h3-20H,1-2H3. The van der Waals surface area contributed by atoms with Gasteiger partial charge in [-0.25, -0.2) is 4.98 Å². The van der Waals surface area contributed by atoms with Crippen LogP contribution < -0.4 is 5.56 Å². The summed E-state index contributed by atoms with van der Waals surface area (Å²) in [6.07, 6.45) is 1.73. The van der Waals surface area contributed by atoms with Crippen LogP contribution in [0.2, 0.25) is 0 Å². The summed E-state index contributed by atoms with van der Waals surface area (Å²) >= 11 is 0. The lowest BCUT2D eigenvalue weighted by Crippen LogP contribution is -2.20. The van der Waals surface area contributed by atoms with Crippen LogP contribution in [0.5, 0.6) is 0 Å². The first-order chi connectivity index (χ1) is 19.1. The van der Waals surface area contributed by atoms with E-state index in [2.05, 4.69) is 72.0 Å². The molecule has 0 amide bonds. The molecule has 0 bridgehead atoms. The van der Waals surface area contributed by atoms with E-state index in [1.807, 2.05) is 48.5 Å². The minimum Gasteiger partial charge on any atom is -0.453 e. The Hall–Kier alpha value is -5.23. The maximum absolute atomic E-state index is 13.6. The van der Waals surface area contributed by atoms with Gasteiger partial charge in [-0.3, -0.25) is 4.79 Å². The molecular formula is C33H24N4O2. The molecule has 3 aromatic heterocycles. The van der Waals surface area contributed by atoms with E-state index >= 15 is 0 Å². The van der Waals surface area contributed by atoms with Crippen LogP contribution in [0, 0.1) is 13.8 Å². The van der Waals surface area contributed by atoms with Crippen LogP contribution in [0.15, 0.2) is 117 Å². The molecule has 0 spiro atoms. The highest BCUT2D eigenvalue weighted by Crippen LogP contribution is 2.29. The van der Waals surface area contributed by atoms with E-state index in [0.717, 1.165) is 33.6 Å². The van der Waals surface area contributed by atoms with E-state index < -0.39 is 0 Å². The molecule has 0 atom stereocenters. The highest BCUT2D eigenvalue weighted by atomic mass is 16.3. The van der Waals surface area contributed by atoms with Crippen molar-refractivity contribution in [1.82, 2.24) is 14.2 Å². The Morgan fingerprint density at radius 1 is 0.795 bits per heavy atom. The van der Waals surface area contributed by atoms with Gasteiger partial charge in [0.1, 0.15) is 5.58 Å². The minimum absolute atomic E-state index is 0.254. The predicted molar refractivity (Wildman–Crippen MR) is 157 cm³/mol. The van der Waals surface area contributed by atoms with E-state index in [1.165, 1.54) is 15.4 Å². The Morgan fingerprint density at radius 3 is 2.36 bits per heavy atom. The summed E-state index contributed by atoms with van der Waals surface area (Å²) in [5.74, 6) is 0.839. The third kappa shape index (κ3) is 3.77. The average molecular weight is 509 g/mol. The summed E-state index contributed by atoms with van der Waals surface area (Å²) in [5, 5.41) is 8.47. The Morgan fingerprint density at radius 2 is 1.51 bits per heavy atom. The molecule has 6 heteroatoms. The van der Waals surface area contributed by atoms with Crippen LogP contribution in [0.3, 0.4) is 0 Å². The molecule has 0 aliphatic carbocycles. The van der Waals surface area contributed by atoms with Crippen LogP contribution in [0.25, 0.3) is 49.9 Å². The average Bonchev–Trinajstić information content (AvgIpc) is 3.52. The van der Waals surface area contributed by atoms with Gasteiger partial charge in [0.25, 0.3) is 5.56 Å². The molecule has 4 aromatic carbocycles. The normalized spacial score (nSPS) is 11.8. The van der Waals surface area contributed by atoms with Crippen molar-refractivity contribution in [1.29, 1.82) is 0 Å². The fraction of sp³-hybridized carbons (Fsp3) is 0.0606. The number of fused-ring (bicyclic) bond motifs is 3. The summed E-state index contributed by atoms with van der Waals surface area (Å²) in [4.78, 5) is 18.4. The molecule has 188 valence electrons. The van der Waals surface area contributed by atoms with Crippen LogP contribution >= 0.6 is 0 Å². The molecule has 6 nitrogen and oxygen atoms in total. The van der Waals surface area contributed by atoms with Crippen molar-refractivity contribution >= 4 is 38.9 Å². The minimum atomic E-state index is -0.254. The largest absolute Gasteiger partial charge is 0.453 e. The first kappa shape index (κ1) is 22.9. The van der Waals surface area contributed by atoms with E-state index in [1.54, 1.807) is 12.3 Å². The third-order valence-corrected chi connectivity index (χ3v) is 7.19. The Kier molecular flexibility index (Phi) is 5.27. The quantitative estimate of drug-likeness (QED) is 0.235. The molecule has 39 heavy (non-hydrogen) atoms. The van der Waals surface area contributed by atoms with Crippen molar-refractivity contribution in [3.05, 3.63) is 130 Å². The van der Waals surface area contributed by atoms with Crippen molar-refractivity contribution in [2.24, 2.45) is 5.10 Å². The van der Waals surface area contributed by atoms with Crippen molar-refractivity contribution in [3.8, 4) is 17.3 Å². The molecule has 0 aliphatic heterocycles. The summed E-state index contributed by atoms with van der Waals surface area (Å²) in [6, 6.07) is 33.7. The number of hydrogen-bond donors (Lipinski definition) is 0. The number of furan rings is 1. The van der Waals surface area contributed by atoms with Crippen LogP contribution in [0.1, 0.15) is 17.0 Å². The van der Waals surface area contributed by atoms with Crippen LogP contribution in [0.4, 0.5) is 0 Å². The van der Waals surface area contributed by atoms with Gasteiger partial charge >= 0.3 is 0 Å². The molecule has 0 fully saturated rings. The lowest BCUT2D eigenvalue weighted by Gasteiger charge is -2.13. The topological polar surface area (TPSA) is 65.3 Å². The van der Waals surface area contributed by atoms with E-state index in [-0.39, 0.29) is 5.56 Å². The maximum atomic E-state index is 13.6. The molecular weight excluding hydrogens is 484 g/mol. The molecule has 0 saturated carbocycles. The summed E-state index contributed by atoms with van der Waals surface area (Å²) in [6.45, 7) is 4.15. The SMILES string of the molecule is Cc1cc(C=Nn2c(-c3cc4ccccc4o3)nc3ccccc3c2=O)c(C)n1-c1cccc2ccccc12. The molecule has 0 N–H and O–H groups in total. The van der Waals surface area contributed by atoms with Gasteiger partial charge in [-0.05, 0) is 55.6 Å². The highest BCUT2D eigenvalue weighted by Gasteiger charge is 2.17. The first-order valence-corrected chi connectivity index (χ1v) is 12.8. The number of aromatic nitrogens is 3. The van der Waals surface area contributed by atoms with Crippen molar-refractivity contribution < 1.29 is 4.42 Å². The number of rotatable bonds is 4. The van der Waals surface area contributed by atoms with Gasteiger partial charge in [0.15, 0.2) is 5.76 Å². The number of para-hydroxylation sites is 2. The van der Waals surface area contributed by atoms with Gasteiger partial charge in [0.2, 0.25) is 5.82 Å². The second-order valence-corrected chi connectivity index (χ2v) is 9.62. The molecule has 0 aliphatic rings. The molecule has 0 unspecified atom stereocenters. The van der Waals surface area contributed by atoms with Gasteiger partial charge in [0, 0.05) is 27.7 Å². The summed E-state index contributed by atoms with van der Waals surface area (Å²) < 4.78 is 9.66. The monoisotopic (exact) mass is 508 g/mol. The Labute approximate surface area is 224 Å². The van der Waals surface area contributed by atoms with E-state index in [0.29, 0.717) is 22.5 Å². The van der Waals surface area contributed by atoms with E-state index in [9.17, 15) is 4.79 Å². The predicted octanol–water partition coefficient (Wildman–Crippen LogP) is 7.25. The molecule has 0 radical (unpaired) electrons. The Balaban J connectivity index is 1.39. The second kappa shape index (κ2) is 8.96. The highest BCUT2D eigenvalue weighted by molar-refractivity contribution is 5.91. The van der Waals surface area contributed by atoms with Crippen molar-refractivity contribution in [3.63, 3.8) is 0 Å². The first-order valence-electron chi connectivity index (χ1n) is 12.8. The zero-order valence-electron chi connectivity index (χ0n) is 21.5. The lowest BCUT2D eigenvalue weighted by molar-refractivity contribution is 0.616. The van der Waals surface area contributed by atoms with Gasteiger partial charge in [0.05, 0.1) is 22.8 Å². The second-order valence-electron chi connectivity index (χ2n) is 9.62. The van der Waals surface area contributed by atoms with Crippen molar-refractivity contribution in [2.45, 2.75) is 13.8 Å². The summed E-state index contributed by atoms with van der Waals surface area (Å²) in [7, 11) is 0. The maximum Gasteiger partial charge on any atom is 0.282 e. The molecule has 7 aromatic rings. The van der Waals surface area contributed by atoms with Gasteiger partial charge in [-0.2, -0.15) is 9.78 Å². The number of benzene rings is 4. The lowest BCUT2D eigenvalue weighted by atomic mass is 10.1. The Bertz CT molecular complexity index is 2090. The number of aryl methyl sites for hydroxylation is 1. The zero-order chi connectivity index (χ0) is 26.5. The molecule has 7 rings (SSSR count). The fourth-order valence-corrected chi connectivity index (χ4v) is 5.29. The van der Waals surface area contributed by atoms with Crippen LogP contribution in [-0.2, 0) is 0 Å². The van der Waals surface area contributed by atoms with Crippen molar-refractivity contribution in [2.75, 3.05) is 0 Å². The van der Waals surface area contributed by atoms with Gasteiger partial charge in [-0.15, -0.1) is 0 Å². The fourth-order valence-electron chi connectivity index (χ4n) is 5.29. The van der Waals surface area contributed by atoms with Gasteiger partial charge in [-0.1, -0.05) is 66.7 Å². The van der Waals surface area contributed by atoms with E-state index in [4.69, 9.17) is 9.40 Å². The smallest absolute Gasteiger partial charge is 0.282 e. The summed E-state index contributed by atoms with van der Waals surface area (Å²) in [5.41, 5.74) is 5.19. The van der Waals surface area contributed by atoms with Crippen LogP contribution in [-0.4, -0.2) is 20.4 Å². The number of hydrogen-bond acceptors (Lipinski definition) is 4. The molecule has 0 saturated heterocycles. The third-order valence-electron chi connectivity index (χ3n) is 7.19. The molecule has 3 heterocycles.